The second-order valence-electron chi connectivity index (χ2n) is 10.4. The molecule has 2 aliphatic heterocycles. The molecule has 0 spiro atoms. The number of carbonyl (C=O) groups is 1. The molecule has 0 saturated carbocycles. The lowest BCUT2D eigenvalue weighted by atomic mass is 9.86. The highest BCUT2D eigenvalue weighted by atomic mass is 35.5. The standard InChI is InChI=1S/C32H37ClN2O3/c1-5-21(2)38-30-20-28-25(18-29(30)37-4)19-31(36)35(32(28)24-8-12-26(33)13-9-24)27-14-10-23(11-15-27)22(3)34-16-6-7-17-34/h8-15,18,20-22,32H,5-7,16-17,19H2,1-4H3/t21-,22?,32?/m1/s1. The van der Waals surface area contributed by atoms with Gasteiger partial charge in [0.25, 0.3) is 0 Å². The van der Waals surface area contributed by atoms with E-state index in [0.717, 1.165) is 41.9 Å². The fourth-order valence-corrected chi connectivity index (χ4v) is 5.75. The first-order valence-corrected chi connectivity index (χ1v) is 14.1. The van der Waals surface area contributed by atoms with Crippen LogP contribution in [0.15, 0.2) is 60.7 Å². The molecule has 1 amide bonds. The summed E-state index contributed by atoms with van der Waals surface area (Å²) in [5.41, 5.74) is 5.16. The van der Waals surface area contributed by atoms with Crippen LogP contribution in [0.4, 0.5) is 5.69 Å². The minimum atomic E-state index is -0.310. The van der Waals surface area contributed by atoms with Gasteiger partial charge in [0, 0.05) is 16.8 Å². The second-order valence-corrected chi connectivity index (χ2v) is 10.9. The fraction of sp³-hybridized carbons (Fsp3) is 0.406. The van der Waals surface area contributed by atoms with Gasteiger partial charge in [0.05, 0.1) is 25.7 Å². The number of rotatable bonds is 8. The van der Waals surface area contributed by atoms with Gasteiger partial charge in [0.2, 0.25) is 5.91 Å². The van der Waals surface area contributed by atoms with Gasteiger partial charge in [-0.25, -0.2) is 0 Å². The minimum Gasteiger partial charge on any atom is -0.493 e. The Bertz CT molecular complexity index is 1270. The normalized spacial score (nSPS) is 19.2. The van der Waals surface area contributed by atoms with Crippen molar-refractivity contribution in [2.24, 2.45) is 0 Å². The molecule has 38 heavy (non-hydrogen) atoms. The Morgan fingerprint density at radius 3 is 2.29 bits per heavy atom. The van der Waals surface area contributed by atoms with Crippen LogP contribution in [0.3, 0.4) is 0 Å². The van der Waals surface area contributed by atoms with E-state index < -0.39 is 0 Å². The molecular formula is C32H37ClN2O3. The number of fused-ring (bicyclic) bond motifs is 1. The number of halogens is 1. The molecule has 0 bridgehead atoms. The van der Waals surface area contributed by atoms with Crippen molar-refractivity contribution in [3.8, 4) is 11.5 Å². The van der Waals surface area contributed by atoms with Crippen LogP contribution in [0.5, 0.6) is 11.5 Å². The molecule has 2 aliphatic rings. The Morgan fingerprint density at radius 2 is 1.66 bits per heavy atom. The van der Waals surface area contributed by atoms with E-state index in [1.54, 1.807) is 7.11 Å². The molecule has 2 heterocycles. The van der Waals surface area contributed by atoms with Crippen LogP contribution in [-0.2, 0) is 11.2 Å². The summed E-state index contributed by atoms with van der Waals surface area (Å²) in [6, 6.07) is 20.4. The lowest BCUT2D eigenvalue weighted by Crippen LogP contribution is -2.41. The summed E-state index contributed by atoms with van der Waals surface area (Å²) in [5, 5.41) is 0.665. The van der Waals surface area contributed by atoms with Gasteiger partial charge in [-0.15, -0.1) is 0 Å². The molecule has 3 atom stereocenters. The number of benzene rings is 3. The SMILES string of the molecule is CC[C@@H](C)Oc1cc2c(cc1OC)CC(=O)N(c1ccc(C(C)N3CCCC3)cc1)C2c1ccc(Cl)cc1. The van der Waals surface area contributed by atoms with Crippen LogP contribution < -0.4 is 14.4 Å². The first kappa shape index (κ1) is 26.6. The van der Waals surface area contributed by atoms with Crippen molar-refractivity contribution in [3.05, 3.63) is 87.9 Å². The molecule has 0 aromatic heterocycles. The molecular weight excluding hydrogens is 496 g/mol. The lowest BCUT2D eigenvalue weighted by molar-refractivity contribution is -0.118. The molecule has 6 heteroatoms. The molecule has 3 aromatic rings. The van der Waals surface area contributed by atoms with Gasteiger partial charge in [-0.2, -0.15) is 0 Å². The van der Waals surface area contributed by atoms with E-state index in [-0.39, 0.29) is 18.1 Å². The van der Waals surface area contributed by atoms with Crippen LogP contribution in [-0.4, -0.2) is 37.1 Å². The summed E-state index contributed by atoms with van der Waals surface area (Å²) < 4.78 is 11.9. The van der Waals surface area contributed by atoms with E-state index in [1.807, 2.05) is 35.2 Å². The third-order valence-electron chi connectivity index (χ3n) is 8.02. The zero-order valence-electron chi connectivity index (χ0n) is 22.7. The van der Waals surface area contributed by atoms with Gasteiger partial charge in [0.15, 0.2) is 11.5 Å². The number of anilines is 1. The largest absolute Gasteiger partial charge is 0.493 e. The number of carbonyl (C=O) groups excluding carboxylic acids is 1. The average Bonchev–Trinajstić information content (AvgIpc) is 3.47. The van der Waals surface area contributed by atoms with Crippen LogP contribution in [0.25, 0.3) is 0 Å². The first-order valence-electron chi connectivity index (χ1n) is 13.7. The minimum absolute atomic E-state index is 0.0439. The molecule has 0 radical (unpaired) electrons. The second kappa shape index (κ2) is 11.4. The Hall–Kier alpha value is -3.02. The van der Waals surface area contributed by atoms with Crippen molar-refractivity contribution in [2.75, 3.05) is 25.1 Å². The van der Waals surface area contributed by atoms with E-state index in [2.05, 4.69) is 56.0 Å². The van der Waals surface area contributed by atoms with Gasteiger partial charge < -0.3 is 14.4 Å². The molecule has 200 valence electrons. The average molecular weight is 533 g/mol. The lowest BCUT2D eigenvalue weighted by Gasteiger charge is -2.38. The van der Waals surface area contributed by atoms with Crippen LogP contribution in [0, 0.1) is 0 Å². The number of hydrogen-bond acceptors (Lipinski definition) is 4. The predicted molar refractivity (Wildman–Crippen MR) is 154 cm³/mol. The number of likely N-dealkylation sites (tertiary alicyclic amines) is 1. The smallest absolute Gasteiger partial charge is 0.232 e. The monoisotopic (exact) mass is 532 g/mol. The van der Waals surface area contributed by atoms with Crippen molar-refractivity contribution in [1.29, 1.82) is 0 Å². The molecule has 0 N–H and O–H groups in total. The van der Waals surface area contributed by atoms with Crippen molar-refractivity contribution in [3.63, 3.8) is 0 Å². The highest BCUT2D eigenvalue weighted by Gasteiger charge is 2.36. The van der Waals surface area contributed by atoms with Crippen LogP contribution in [0.1, 0.15) is 74.4 Å². The Balaban J connectivity index is 1.58. The predicted octanol–water partition coefficient (Wildman–Crippen LogP) is 7.36. The number of hydrogen-bond donors (Lipinski definition) is 0. The van der Waals surface area contributed by atoms with Gasteiger partial charge in [-0.05, 0) is 105 Å². The van der Waals surface area contributed by atoms with Gasteiger partial charge in [-0.1, -0.05) is 42.8 Å². The van der Waals surface area contributed by atoms with E-state index in [9.17, 15) is 4.79 Å². The van der Waals surface area contributed by atoms with Crippen molar-refractivity contribution in [1.82, 2.24) is 4.90 Å². The van der Waals surface area contributed by atoms with Crippen LogP contribution >= 0.6 is 11.6 Å². The van der Waals surface area contributed by atoms with Gasteiger partial charge >= 0.3 is 0 Å². The summed E-state index contributed by atoms with van der Waals surface area (Å²) in [7, 11) is 1.64. The molecule has 5 rings (SSSR count). The van der Waals surface area contributed by atoms with E-state index >= 15 is 0 Å². The summed E-state index contributed by atoms with van der Waals surface area (Å²) in [6.45, 7) is 8.71. The van der Waals surface area contributed by atoms with E-state index in [4.69, 9.17) is 21.1 Å². The highest BCUT2D eigenvalue weighted by molar-refractivity contribution is 6.30. The summed E-state index contributed by atoms with van der Waals surface area (Å²) >= 11 is 6.25. The molecule has 3 aromatic carbocycles. The Morgan fingerprint density at radius 1 is 0.974 bits per heavy atom. The molecule has 1 fully saturated rings. The topological polar surface area (TPSA) is 42.0 Å². The molecule has 2 unspecified atom stereocenters. The van der Waals surface area contributed by atoms with Crippen molar-refractivity contribution >= 4 is 23.2 Å². The first-order chi connectivity index (χ1) is 18.4. The van der Waals surface area contributed by atoms with Crippen molar-refractivity contribution < 1.29 is 14.3 Å². The Labute approximate surface area is 231 Å². The van der Waals surface area contributed by atoms with E-state index in [0.29, 0.717) is 29.0 Å². The fourth-order valence-electron chi connectivity index (χ4n) is 5.63. The molecule has 1 saturated heterocycles. The quantitative estimate of drug-likeness (QED) is 0.304. The highest BCUT2D eigenvalue weighted by Crippen LogP contribution is 2.44. The van der Waals surface area contributed by atoms with Crippen molar-refractivity contribution in [2.45, 2.75) is 64.6 Å². The maximum atomic E-state index is 13.8. The number of methoxy groups -OCH3 is 1. The summed E-state index contributed by atoms with van der Waals surface area (Å²) in [6.07, 6.45) is 3.75. The maximum Gasteiger partial charge on any atom is 0.232 e. The number of amides is 1. The zero-order valence-corrected chi connectivity index (χ0v) is 23.5. The zero-order chi connectivity index (χ0) is 26.8. The molecule has 0 aliphatic carbocycles. The Kier molecular flexibility index (Phi) is 7.96. The van der Waals surface area contributed by atoms with Gasteiger partial charge in [0.1, 0.15) is 0 Å². The summed E-state index contributed by atoms with van der Waals surface area (Å²) in [5.74, 6) is 1.40. The third kappa shape index (κ3) is 5.27. The number of nitrogens with zero attached hydrogens (tertiary/aromatic N) is 2. The third-order valence-corrected chi connectivity index (χ3v) is 8.27. The van der Waals surface area contributed by atoms with Crippen LogP contribution in [0.2, 0.25) is 5.02 Å². The molecule has 5 nitrogen and oxygen atoms in total. The van der Waals surface area contributed by atoms with E-state index in [1.165, 1.54) is 18.4 Å². The summed E-state index contributed by atoms with van der Waals surface area (Å²) in [4.78, 5) is 18.2. The maximum absolute atomic E-state index is 13.8. The van der Waals surface area contributed by atoms with Gasteiger partial charge in [-0.3, -0.25) is 9.69 Å². The number of ether oxygens (including phenoxy) is 2.